The molecule has 1 aromatic carbocycles. The maximum atomic E-state index is 9.55. The van der Waals surface area contributed by atoms with Crippen LogP contribution in [-0.4, -0.2) is 75.7 Å². The number of hydrogen-bond acceptors (Lipinski definition) is 7. The van der Waals surface area contributed by atoms with Crippen molar-refractivity contribution in [1.82, 2.24) is 0 Å². The van der Waals surface area contributed by atoms with E-state index in [0.29, 0.717) is 10.5 Å². The van der Waals surface area contributed by atoms with Gasteiger partial charge in [-0.15, -0.1) is 0 Å². The highest BCUT2D eigenvalue weighted by molar-refractivity contribution is 6.52. The summed E-state index contributed by atoms with van der Waals surface area (Å²) >= 11 is 0. The molecule has 23 heavy (non-hydrogen) atoms. The Bertz CT molecular complexity index is 508. The van der Waals surface area contributed by atoms with E-state index in [1.54, 1.807) is 12.1 Å². The summed E-state index contributed by atoms with van der Waals surface area (Å²) in [5, 5.41) is 38.2. The molecular formula is C14H21BO7Si. The third-order valence-corrected chi connectivity index (χ3v) is 4.57. The molecule has 4 N–H and O–H groups in total. The van der Waals surface area contributed by atoms with Crippen LogP contribution in [0.2, 0.25) is 0 Å². The Morgan fingerprint density at radius 3 is 1.83 bits per heavy atom. The lowest BCUT2D eigenvalue weighted by molar-refractivity contribution is -0.147. The molecule has 0 aliphatic carbocycles. The molecule has 0 atom stereocenters. The highest BCUT2D eigenvalue weighted by Crippen LogP contribution is 2.37. The molecule has 1 aromatic rings. The third kappa shape index (κ3) is 3.36. The van der Waals surface area contributed by atoms with Crippen LogP contribution in [0.3, 0.4) is 0 Å². The van der Waals surface area contributed by atoms with Gasteiger partial charge in [-0.25, -0.2) is 0 Å². The normalized spacial score (nSPS) is 19.6. The molecule has 1 heterocycles. The first-order chi connectivity index (χ1) is 11.1. The predicted molar refractivity (Wildman–Crippen MR) is 87.8 cm³/mol. The Labute approximate surface area is 137 Å². The second-order valence-corrected chi connectivity index (χ2v) is 5.77. The van der Waals surface area contributed by atoms with Crippen molar-refractivity contribution in [3.05, 3.63) is 35.8 Å². The summed E-state index contributed by atoms with van der Waals surface area (Å²) < 4.78 is 16.3. The van der Waals surface area contributed by atoms with Gasteiger partial charge in [0.15, 0.2) is 0 Å². The van der Waals surface area contributed by atoms with Crippen molar-refractivity contribution in [3.8, 4) is 5.75 Å². The molecule has 1 aliphatic rings. The fourth-order valence-corrected chi connectivity index (χ4v) is 2.76. The number of benzene rings is 1. The number of aliphatic hydroxyl groups is 4. The largest absolute Gasteiger partial charge is 0.553 e. The Kier molecular flexibility index (Phi) is 5.98. The zero-order chi connectivity index (χ0) is 16.9. The van der Waals surface area contributed by atoms with Gasteiger partial charge in [-0.05, 0) is 17.7 Å². The van der Waals surface area contributed by atoms with Gasteiger partial charge in [0.2, 0.25) is 10.5 Å². The standard InChI is InChI=1S/C14H21BO7Si/c16-7-13(8-17)14(9-18,10-19)22-15(21-13)6-5-11-1-3-12(20-23)4-2-11/h1-6,16-19H,7-10H2,23H3. The monoisotopic (exact) mass is 340 g/mol. The van der Waals surface area contributed by atoms with Gasteiger partial charge >= 0.3 is 7.12 Å². The quantitative estimate of drug-likeness (QED) is 0.420. The van der Waals surface area contributed by atoms with Crippen molar-refractivity contribution in [2.45, 2.75) is 11.2 Å². The minimum absolute atomic E-state index is 0.596. The summed E-state index contributed by atoms with van der Waals surface area (Å²) in [4.78, 5) is 0. The molecule has 0 unspecified atom stereocenters. The number of hydrogen-bond donors (Lipinski definition) is 4. The molecule has 2 rings (SSSR count). The zero-order valence-electron chi connectivity index (χ0n) is 12.9. The van der Waals surface area contributed by atoms with Crippen molar-refractivity contribution in [1.29, 1.82) is 0 Å². The second-order valence-electron chi connectivity index (χ2n) is 5.36. The Morgan fingerprint density at radius 1 is 0.957 bits per heavy atom. The molecule has 0 amide bonds. The zero-order valence-corrected chi connectivity index (χ0v) is 14.9. The van der Waals surface area contributed by atoms with E-state index in [9.17, 15) is 20.4 Å². The third-order valence-electron chi connectivity index (χ3n) is 4.10. The van der Waals surface area contributed by atoms with Gasteiger partial charge in [0.25, 0.3) is 0 Å². The Balaban J connectivity index is 2.16. The predicted octanol–water partition coefficient (Wildman–Crippen LogP) is -2.12. The van der Waals surface area contributed by atoms with Gasteiger partial charge in [0.1, 0.15) is 17.0 Å². The van der Waals surface area contributed by atoms with Crippen molar-refractivity contribution >= 4 is 23.7 Å². The van der Waals surface area contributed by atoms with E-state index in [2.05, 4.69) is 0 Å². The molecule has 0 saturated carbocycles. The Morgan fingerprint density at radius 2 is 1.43 bits per heavy atom. The van der Waals surface area contributed by atoms with Crippen molar-refractivity contribution in [2.24, 2.45) is 0 Å². The highest BCUT2D eigenvalue weighted by Gasteiger charge is 2.61. The van der Waals surface area contributed by atoms with E-state index in [0.717, 1.165) is 11.3 Å². The molecule has 7 nitrogen and oxygen atoms in total. The molecule has 1 fully saturated rings. The maximum Gasteiger partial charge on any atom is 0.487 e. The minimum Gasteiger partial charge on any atom is -0.553 e. The van der Waals surface area contributed by atoms with Crippen LogP contribution in [0.5, 0.6) is 5.75 Å². The number of aliphatic hydroxyl groups excluding tert-OH is 4. The van der Waals surface area contributed by atoms with Gasteiger partial charge in [-0.1, -0.05) is 24.2 Å². The molecule has 1 aliphatic heterocycles. The lowest BCUT2D eigenvalue weighted by atomic mass is 9.85. The van der Waals surface area contributed by atoms with Gasteiger partial charge in [-0.3, -0.25) is 0 Å². The van der Waals surface area contributed by atoms with Crippen LogP contribution in [-0.2, 0) is 9.31 Å². The van der Waals surface area contributed by atoms with E-state index < -0.39 is 44.7 Å². The average Bonchev–Trinajstić information content (AvgIpc) is 2.95. The molecule has 0 bridgehead atoms. The fraction of sp³-hybridized carbons (Fsp3) is 0.429. The van der Waals surface area contributed by atoms with Crippen LogP contribution in [0.25, 0.3) is 6.08 Å². The van der Waals surface area contributed by atoms with Crippen LogP contribution < -0.4 is 4.43 Å². The summed E-state index contributed by atoms with van der Waals surface area (Å²) in [5.41, 5.74) is -2.27. The first-order valence-corrected chi connectivity index (χ1v) is 8.01. The molecule has 126 valence electrons. The van der Waals surface area contributed by atoms with Crippen molar-refractivity contribution < 1.29 is 34.2 Å². The topological polar surface area (TPSA) is 109 Å². The molecule has 0 spiro atoms. The summed E-state index contributed by atoms with van der Waals surface area (Å²) in [7, 11) is -0.294. The van der Waals surface area contributed by atoms with Crippen molar-refractivity contribution in [2.75, 3.05) is 26.4 Å². The summed E-state index contributed by atoms with van der Waals surface area (Å²) in [6.07, 6.45) is 1.74. The van der Waals surface area contributed by atoms with E-state index in [1.807, 2.05) is 24.3 Å². The first kappa shape index (κ1) is 18.1. The van der Waals surface area contributed by atoms with E-state index in [-0.39, 0.29) is 0 Å². The van der Waals surface area contributed by atoms with E-state index in [4.69, 9.17) is 13.7 Å². The molecule has 9 heteroatoms. The van der Waals surface area contributed by atoms with Gasteiger partial charge in [0, 0.05) is 0 Å². The number of rotatable bonds is 7. The van der Waals surface area contributed by atoms with Crippen LogP contribution >= 0.6 is 0 Å². The van der Waals surface area contributed by atoms with E-state index >= 15 is 0 Å². The van der Waals surface area contributed by atoms with Gasteiger partial charge < -0.3 is 34.2 Å². The van der Waals surface area contributed by atoms with Crippen LogP contribution in [0.1, 0.15) is 5.56 Å². The van der Waals surface area contributed by atoms with Crippen molar-refractivity contribution in [3.63, 3.8) is 0 Å². The second kappa shape index (κ2) is 7.58. The minimum atomic E-state index is -1.57. The molecule has 1 saturated heterocycles. The summed E-state index contributed by atoms with van der Waals surface area (Å²) in [5.74, 6) is 2.38. The van der Waals surface area contributed by atoms with Crippen LogP contribution in [0, 0.1) is 0 Å². The van der Waals surface area contributed by atoms with Crippen LogP contribution in [0.15, 0.2) is 30.2 Å². The average molecular weight is 340 g/mol. The van der Waals surface area contributed by atoms with Gasteiger partial charge in [-0.2, -0.15) is 0 Å². The molecular weight excluding hydrogens is 319 g/mol. The Hall–Kier alpha value is -1.20. The first-order valence-electron chi connectivity index (χ1n) is 7.20. The smallest absolute Gasteiger partial charge is 0.487 e. The van der Waals surface area contributed by atoms with Gasteiger partial charge in [0.05, 0.1) is 26.4 Å². The van der Waals surface area contributed by atoms with Crippen LogP contribution in [0.4, 0.5) is 0 Å². The summed E-state index contributed by atoms with van der Waals surface area (Å²) in [6.45, 7) is -2.38. The highest BCUT2D eigenvalue weighted by atomic mass is 28.2. The fourth-order valence-electron chi connectivity index (χ4n) is 2.49. The molecule has 0 radical (unpaired) electrons. The molecule has 0 aromatic heterocycles. The summed E-state index contributed by atoms with van der Waals surface area (Å²) in [6, 6.07) is 7.38. The SMILES string of the molecule is OCC1(CO)OB(C=Cc2ccc(O[SiH3])cc2)OC1(CO)CO. The lowest BCUT2D eigenvalue weighted by Crippen LogP contribution is -2.61. The maximum absolute atomic E-state index is 9.55. The van der Waals surface area contributed by atoms with E-state index in [1.165, 1.54) is 0 Å². The lowest BCUT2D eigenvalue weighted by Gasteiger charge is -2.39.